The Morgan fingerprint density at radius 3 is 2.60 bits per heavy atom. The van der Waals surface area contributed by atoms with Crippen molar-refractivity contribution in [2.24, 2.45) is 5.41 Å². The number of thiazole rings is 1. The quantitative estimate of drug-likeness (QED) is 0.718. The fourth-order valence-electron chi connectivity index (χ4n) is 3.01. The van der Waals surface area contributed by atoms with Crippen molar-refractivity contribution in [3.63, 3.8) is 0 Å². The van der Waals surface area contributed by atoms with E-state index >= 15 is 0 Å². The lowest BCUT2D eigenvalue weighted by molar-refractivity contribution is 0.0753. The van der Waals surface area contributed by atoms with Gasteiger partial charge in [-0.2, -0.15) is 0 Å². The van der Waals surface area contributed by atoms with Crippen molar-refractivity contribution in [2.75, 3.05) is 6.61 Å². The molecule has 1 saturated carbocycles. The van der Waals surface area contributed by atoms with Gasteiger partial charge in [-0.25, -0.2) is 0 Å². The third kappa shape index (κ3) is 1.36. The minimum Gasteiger partial charge on any atom is -0.363 e. The molecular formula is C12H17NOS. The van der Waals surface area contributed by atoms with Crippen molar-refractivity contribution >= 4 is 11.3 Å². The van der Waals surface area contributed by atoms with Crippen LogP contribution in [0.5, 0.6) is 0 Å². The van der Waals surface area contributed by atoms with Crippen molar-refractivity contribution in [1.29, 1.82) is 0 Å². The van der Waals surface area contributed by atoms with Gasteiger partial charge in [-0.1, -0.05) is 26.2 Å². The monoisotopic (exact) mass is 223 g/mol. The first-order valence-corrected chi connectivity index (χ1v) is 6.68. The zero-order valence-corrected chi connectivity index (χ0v) is 9.98. The van der Waals surface area contributed by atoms with Crippen LogP contribution in [0.4, 0.5) is 0 Å². The van der Waals surface area contributed by atoms with E-state index in [0.29, 0.717) is 5.41 Å². The van der Waals surface area contributed by atoms with Crippen LogP contribution >= 0.6 is 11.3 Å². The second-order valence-corrected chi connectivity index (χ2v) is 5.99. The Kier molecular flexibility index (Phi) is 2.15. The Labute approximate surface area is 94.7 Å². The van der Waals surface area contributed by atoms with Crippen molar-refractivity contribution < 1.29 is 4.74 Å². The fourth-order valence-corrected chi connectivity index (χ4v) is 3.92. The largest absolute Gasteiger partial charge is 0.363 e. The Hall–Kier alpha value is -0.410. The molecule has 0 bridgehead atoms. The number of hydrogen-bond donors (Lipinski definition) is 0. The second kappa shape index (κ2) is 3.29. The standard InChI is InChI=1S/C12H17NOS/c1-11(5-3-2-4-6-11)12(8-14-12)10-7-13-9-15-10/h7,9H,2-6,8H2,1H3. The first kappa shape index (κ1) is 9.79. The summed E-state index contributed by atoms with van der Waals surface area (Å²) >= 11 is 1.75. The van der Waals surface area contributed by atoms with Crippen LogP contribution in [0.2, 0.25) is 0 Å². The van der Waals surface area contributed by atoms with E-state index in [1.807, 2.05) is 11.7 Å². The van der Waals surface area contributed by atoms with Gasteiger partial charge in [0.25, 0.3) is 0 Å². The van der Waals surface area contributed by atoms with E-state index in [1.165, 1.54) is 37.0 Å². The molecule has 1 aromatic heterocycles. The topological polar surface area (TPSA) is 25.4 Å². The number of ether oxygens (including phenoxy) is 1. The van der Waals surface area contributed by atoms with E-state index < -0.39 is 0 Å². The molecule has 2 aliphatic rings. The van der Waals surface area contributed by atoms with Crippen molar-refractivity contribution in [1.82, 2.24) is 4.98 Å². The average Bonchev–Trinajstić information content (AvgIpc) is 2.90. The summed E-state index contributed by atoms with van der Waals surface area (Å²) in [7, 11) is 0. The molecule has 3 rings (SSSR count). The van der Waals surface area contributed by atoms with E-state index in [4.69, 9.17) is 4.74 Å². The number of nitrogens with zero attached hydrogens (tertiary/aromatic N) is 1. The minimum atomic E-state index is 0.0363. The maximum absolute atomic E-state index is 5.85. The highest BCUT2D eigenvalue weighted by Crippen LogP contribution is 2.59. The normalized spacial score (nSPS) is 33.9. The minimum absolute atomic E-state index is 0.0363. The highest BCUT2D eigenvalue weighted by molar-refractivity contribution is 7.09. The highest BCUT2D eigenvalue weighted by Gasteiger charge is 2.60. The predicted molar refractivity (Wildman–Crippen MR) is 60.9 cm³/mol. The first-order valence-electron chi connectivity index (χ1n) is 5.80. The molecule has 0 radical (unpaired) electrons. The Morgan fingerprint density at radius 2 is 2.07 bits per heavy atom. The van der Waals surface area contributed by atoms with Gasteiger partial charge < -0.3 is 4.74 Å². The van der Waals surface area contributed by atoms with E-state index in [9.17, 15) is 0 Å². The molecule has 0 amide bonds. The number of rotatable bonds is 2. The van der Waals surface area contributed by atoms with Gasteiger partial charge in [-0.15, -0.1) is 11.3 Å². The molecule has 0 spiro atoms. The van der Waals surface area contributed by atoms with E-state index in [1.54, 1.807) is 11.3 Å². The van der Waals surface area contributed by atoms with Crippen LogP contribution in [0.1, 0.15) is 43.9 Å². The summed E-state index contributed by atoms with van der Waals surface area (Å²) < 4.78 is 5.85. The number of hydrogen-bond acceptors (Lipinski definition) is 3. The number of epoxide rings is 1. The molecule has 1 saturated heterocycles. The van der Waals surface area contributed by atoms with Crippen LogP contribution in [-0.4, -0.2) is 11.6 Å². The predicted octanol–water partition coefficient (Wildman–Crippen LogP) is 3.34. The molecule has 0 aromatic carbocycles. The van der Waals surface area contributed by atoms with Gasteiger partial charge in [0, 0.05) is 11.6 Å². The molecule has 1 atom stereocenters. The van der Waals surface area contributed by atoms with E-state index in [0.717, 1.165) is 6.61 Å². The van der Waals surface area contributed by atoms with Crippen LogP contribution in [0, 0.1) is 5.41 Å². The summed E-state index contributed by atoms with van der Waals surface area (Å²) in [5.41, 5.74) is 2.32. The summed E-state index contributed by atoms with van der Waals surface area (Å²) in [5.74, 6) is 0. The van der Waals surface area contributed by atoms with Crippen LogP contribution in [-0.2, 0) is 10.3 Å². The third-order valence-corrected chi connectivity index (χ3v) is 5.11. The summed E-state index contributed by atoms with van der Waals surface area (Å²) in [6.45, 7) is 3.31. The van der Waals surface area contributed by atoms with E-state index in [2.05, 4.69) is 11.9 Å². The second-order valence-electron chi connectivity index (χ2n) is 5.10. The van der Waals surface area contributed by atoms with E-state index in [-0.39, 0.29) is 5.60 Å². The first-order chi connectivity index (χ1) is 7.27. The summed E-state index contributed by atoms with van der Waals surface area (Å²) in [6.07, 6.45) is 8.74. The molecule has 0 N–H and O–H groups in total. The lowest BCUT2D eigenvalue weighted by Gasteiger charge is -2.38. The van der Waals surface area contributed by atoms with Gasteiger partial charge in [-0.3, -0.25) is 4.98 Å². The van der Waals surface area contributed by atoms with Gasteiger partial charge in [0.1, 0.15) is 5.60 Å². The van der Waals surface area contributed by atoms with Gasteiger partial charge >= 0.3 is 0 Å². The zero-order valence-electron chi connectivity index (χ0n) is 9.16. The maximum atomic E-state index is 5.85. The van der Waals surface area contributed by atoms with Crippen molar-refractivity contribution in [3.8, 4) is 0 Å². The molecule has 3 heteroatoms. The molecular weight excluding hydrogens is 206 g/mol. The van der Waals surface area contributed by atoms with Gasteiger partial charge in [-0.05, 0) is 12.8 Å². The third-order valence-electron chi connectivity index (χ3n) is 4.20. The van der Waals surface area contributed by atoms with Gasteiger partial charge in [0.15, 0.2) is 0 Å². The average molecular weight is 223 g/mol. The summed E-state index contributed by atoms with van der Waals surface area (Å²) in [4.78, 5) is 5.53. The molecule has 15 heavy (non-hydrogen) atoms. The maximum Gasteiger partial charge on any atom is 0.132 e. The SMILES string of the molecule is CC1(C2(c3cncs3)CO2)CCCCC1. The van der Waals surface area contributed by atoms with Gasteiger partial charge in [0.2, 0.25) is 0 Å². The van der Waals surface area contributed by atoms with Crippen LogP contribution in [0.25, 0.3) is 0 Å². The highest BCUT2D eigenvalue weighted by atomic mass is 32.1. The Balaban J connectivity index is 1.92. The number of aromatic nitrogens is 1. The molecule has 2 heterocycles. The smallest absolute Gasteiger partial charge is 0.132 e. The van der Waals surface area contributed by atoms with Crippen LogP contribution < -0.4 is 0 Å². The molecule has 2 fully saturated rings. The summed E-state index contributed by atoms with van der Waals surface area (Å²) in [6, 6.07) is 0. The van der Waals surface area contributed by atoms with Crippen LogP contribution in [0.3, 0.4) is 0 Å². The lowest BCUT2D eigenvalue weighted by atomic mass is 9.66. The molecule has 82 valence electrons. The summed E-state index contributed by atoms with van der Waals surface area (Å²) in [5, 5.41) is 0. The fraction of sp³-hybridized carbons (Fsp3) is 0.750. The molecule has 1 aromatic rings. The Bertz CT molecular complexity index is 337. The van der Waals surface area contributed by atoms with Crippen molar-refractivity contribution in [3.05, 3.63) is 16.6 Å². The van der Waals surface area contributed by atoms with Gasteiger partial charge in [0.05, 0.1) is 17.0 Å². The Morgan fingerprint density at radius 1 is 1.33 bits per heavy atom. The molecule has 1 aliphatic carbocycles. The molecule has 2 nitrogen and oxygen atoms in total. The zero-order chi connectivity index (χ0) is 10.4. The lowest BCUT2D eigenvalue weighted by Crippen LogP contribution is -2.35. The molecule has 1 unspecified atom stereocenters. The molecule has 1 aliphatic heterocycles. The van der Waals surface area contributed by atoms with Crippen molar-refractivity contribution in [2.45, 2.75) is 44.6 Å². The van der Waals surface area contributed by atoms with Crippen LogP contribution in [0.15, 0.2) is 11.7 Å².